The fourth-order valence-corrected chi connectivity index (χ4v) is 3.93. The Bertz CT molecular complexity index is 838. The molecule has 1 saturated heterocycles. The number of likely N-dealkylation sites (tertiary alicyclic amines) is 1. The predicted octanol–water partition coefficient (Wildman–Crippen LogP) is 2.52. The van der Waals surface area contributed by atoms with E-state index < -0.39 is 0 Å². The highest BCUT2D eigenvalue weighted by Crippen LogP contribution is 2.27. The van der Waals surface area contributed by atoms with Crippen LogP contribution in [0.4, 0.5) is 0 Å². The highest BCUT2D eigenvalue weighted by Gasteiger charge is 2.33. The van der Waals surface area contributed by atoms with Crippen LogP contribution in [0.1, 0.15) is 25.0 Å². The van der Waals surface area contributed by atoms with Crippen LogP contribution in [-0.4, -0.2) is 45.7 Å². The van der Waals surface area contributed by atoms with E-state index in [1.54, 1.807) is 6.20 Å². The smallest absolute Gasteiger partial charge is 0.224 e. The van der Waals surface area contributed by atoms with Crippen LogP contribution >= 0.6 is 15.9 Å². The van der Waals surface area contributed by atoms with E-state index in [1.807, 2.05) is 46.8 Å². The Morgan fingerprint density at radius 2 is 2.18 bits per heavy atom. The number of carbonyl (C=O) groups excluding carboxylic acids is 2. The maximum absolute atomic E-state index is 12.7. The number of nitrogens with two attached hydrogens (primary N) is 1. The monoisotopic (exact) mass is 448 g/mol. The SMILES string of the molecule is Cc1ccnn1CCC(=O)N1CC[C@H](Oc2cccc(Br)c2)[C@@H](CC(N)=O)C1. The van der Waals surface area contributed by atoms with E-state index in [9.17, 15) is 9.59 Å². The Morgan fingerprint density at radius 1 is 1.36 bits per heavy atom. The van der Waals surface area contributed by atoms with E-state index in [0.29, 0.717) is 32.5 Å². The van der Waals surface area contributed by atoms with E-state index in [1.165, 1.54) is 0 Å². The lowest BCUT2D eigenvalue weighted by Gasteiger charge is -2.38. The second-order valence-electron chi connectivity index (χ2n) is 7.12. The summed E-state index contributed by atoms with van der Waals surface area (Å²) in [4.78, 5) is 26.0. The molecule has 1 aromatic heterocycles. The molecule has 8 heteroatoms. The van der Waals surface area contributed by atoms with E-state index >= 15 is 0 Å². The zero-order valence-corrected chi connectivity index (χ0v) is 17.5. The van der Waals surface area contributed by atoms with Gasteiger partial charge in [-0.15, -0.1) is 0 Å². The largest absolute Gasteiger partial charge is 0.490 e. The van der Waals surface area contributed by atoms with Gasteiger partial charge in [0.2, 0.25) is 11.8 Å². The molecule has 28 heavy (non-hydrogen) atoms. The second kappa shape index (κ2) is 9.23. The van der Waals surface area contributed by atoms with Crippen molar-refractivity contribution in [2.75, 3.05) is 13.1 Å². The first-order chi connectivity index (χ1) is 13.4. The van der Waals surface area contributed by atoms with Gasteiger partial charge in [-0.25, -0.2) is 0 Å². The summed E-state index contributed by atoms with van der Waals surface area (Å²) in [7, 11) is 0. The number of amides is 2. The molecule has 0 unspecified atom stereocenters. The van der Waals surface area contributed by atoms with Gasteiger partial charge in [0.25, 0.3) is 0 Å². The molecule has 2 aromatic rings. The number of aromatic nitrogens is 2. The number of carbonyl (C=O) groups is 2. The number of nitrogens with zero attached hydrogens (tertiary/aromatic N) is 3. The number of halogens is 1. The van der Waals surface area contributed by atoms with Crippen LogP contribution < -0.4 is 10.5 Å². The van der Waals surface area contributed by atoms with E-state index in [2.05, 4.69) is 21.0 Å². The van der Waals surface area contributed by atoms with Crippen molar-refractivity contribution in [2.24, 2.45) is 11.7 Å². The maximum Gasteiger partial charge on any atom is 0.224 e. The molecule has 150 valence electrons. The minimum atomic E-state index is -0.380. The van der Waals surface area contributed by atoms with Crippen LogP contribution in [0.2, 0.25) is 0 Å². The van der Waals surface area contributed by atoms with Gasteiger partial charge in [0.15, 0.2) is 0 Å². The molecule has 0 saturated carbocycles. The lowest BCUT2D eigenvalue weighted by molar-refractivity contribution is -0.136. The summed E-state index contributed by atoms with van der Waals surface area (Å²) >= 11 is 3.44. The third kappa shape index (κ3) is 5.34. The number of hydrogen-bond donors (Lipinski definition) is 1. The first-order valence-corrected chi connectivity index (χ1v) is 10.2. The number of hydrogen-bond acceptors (Lipinski definition) is 4. The fraction of sp³-hybridized carbons (Fsp3) is 0.450. The molecule has 0 bridgehead atoms. The van der Waals surface area contributed by atoms with Gasteiger partial charge in [-0.2, -0.15) is 5.10 Å². The van der Waals surface area contributed by atoms with Crippen LogP contribution in [0.15, 0.2) is 41.0 Å². The number of primary amides is 1. The number of rotatable bonds is 7. The molecule has 1 aliphatic rings. The average Bonchev–Trinajstić information content (AvgIpc) is 3.05. The number of benzene rings is 1. The Labute approximate surface area is 173 Å². The van der Waals surface area contributed by atoms with Crippen LogP contribution in [0.5, 0.6) is 5.75 Å². The predicted molar refractivity (Wildman–Crippen MR) is 109 cm³/mol. The summed E-state index contributed by atoms with van der Waals surface area (Å²) in [5.41, 5.74) is 6.48. The van der Waals surface area contributed by atoms with Crippen molar-refractivity contribution in [2.45, 2.75) is 38.8 Å². The van der Waals surface area contributed by atoms with Gasteiger partial charge >= 0.3 is 0 Å². The summed E-state index contributed by atoms with van der Waals surface area (Å²) in [6.45, 7) is 3.58. The summed E-state index contributed by atoms with van der Waals surface area (Å²) in [6, 6.07) is 9.52. The van der Waals surface area contributed by atoms with Gasteiger partial charge in [0.05, 0.1) is 0 Å². The highest BCUT2D eigenvalue weighted by molar-refractivity contribution is 9.10. The van der Waals surface area contributed by atoms with Crippen LogP contribution in [0.25, 0.3) is 0 Å². The van der Waals surface area contributed by atoms with Gasteiger partial charge < -0.3 is 15.4 Å². The highest BCUT2D eigenvalue weighted by atomic mass is 79.9. The van der Waals surface area contributed by atoms with Crippen molar-refractivity contribution in [1.82, 2.24) is 14.7 Å². The number of ether oxygens (including phenoxy) is 1. The Morgan fingerprint density at radius 3 is 2.86 bits per heavy atom. The Kier molecular flexibility index (Phi) is 6.72. The summed E-state index contributed by atoms with van der Waals surface area (Å²) in [6.07, 6.45) is 2.81. The molecule has 0 aliphatic carbocycles. The maximum atomic E-state index is 12.7. The fourth-order valence-electron chi connectivity index (χ4n) is 3.55. The van der Waals surface area contributed by atoms with Crippen molar-refractivity contribution in [3.8, 4) is 5.75 Å². The van der Waals surface area contributed by atoms with Gasteiger partial charge in [0.1, 0.15) is 11.9 Å². The molecule has 3 rings (SSSR count). The second-order valence-corrected chi connectivity index (χ2v) is 8.03. The minimum Gasteiger partial charge on any atom is -0.490 e. The summed E-state index contributed by atoms with van der Waals surface area (Å²) < 4.78 is 8.87. The van der Waals surface area contributed by atoms with Crippen molar-refractivity contribution in [3.63, 3.8) is 0 Å². The third-order valence-electron chi connectivity index (χ3n) is 5.03. The van der Waals surface area contributed by atoms with Crippen LogP contribution in [0, 0.1) is 12.8 Å². The molecule has 0 spiro atoms. The zero-order valence-electron chi connectivity index (χ0n) is 15.9. The van der Waals surface area contributed by atoms with Gasteiger partial charge in [-0.05, 0) is 31.2 Å². The van der Waals surface area contributed by atoms with Gasteiger partial charge in [-0.3, -0.25) is 14.3 Å². The third-order valence-corrected chi connectivity index (χ3v) is 5.52. The number of piperidine rings is 1. The molecule has 2 amide bonds. The quantitative estimate of drug-likeness (QED) is 0.704. The average molecular weight is 449 g/mol. The molecule has 2 atom stereocenters. The van der Waals surface area contributed by atoms with Crippen molar-refractivity contribution in [1.29, 1.82) is 0 Å². The standard InChI is InChI=1S/C20H25BrN4O3/c1-14-5-8-23-25(14)10-7-20(27)24-9-6-18(15(13-24)11-19(22)26)28-17-4-2-3-16(21)12-17/h2-5,8,12,15,18H,6-7,9-11,13H2,1H3,(H2,22,26)/t15-,18-/m0/s1. The Hall–Kier alpha value is -2.35. The molecule has 1 aromatic carbocycles. The van der Waals surface area contributed by atoms with E-state index in [-0.39, 0.29) is 30.3 Å². The Balaban J connectivity index is 1.61. The van der Waals surface area contributed by atoms with Crippen LogP contribution in [-0.2, 0) is 16.1 Å². The first kappa shape index (κ1) is 20.4. The molecule has 2 N–H and O–H groups in total. The topological polar surface area (TPSA) is 90.4 Å². The molecular formula is C20H25BrN4O3. The molecular weight excluding hydrogens is 424 g/mol. The molecule has 1 aliphatic heterocycles. The minimum absolute atomic E-state index is 0.0604. The van der Waals surface area contributed by atoms with Crippen molar-refractivity contribution in [3.05, 3.63) is 46.7 Å². The van der Waals surface area contributed by atoms with Crippen molar-refractivity contribution >= 4 is 27.7 Å². The van der Waals surface area contributed by atoms with Crippen LogP contribution in [0.3, 0.4) is 0 Å². The van der Waals surface area contributed by atoms with Gasteiger partial charge in [0, 0.05) is 61.2 Å². The first-order valence-electron chi connectivity index (χ1n) is 9.39. The molecule has 7 nitrogen and oxygen atoms in total. The lowest BCUT2D eigenvalue weighted by atomic mass is 9.91. The molecule has 0 radical (unpaired) electrons. The zero-order chi connectivity index (χ0) is 20.1. The van der Waals surface area contributed by atoms with Gasteiger partial charge in [-0.1, -0.05) is 22.0 Å². The normalized spacial score (nSPS) is 19.4. The van der Waals surface area contributed by atoms with Crippen molar-refractivity contribution < 1.29 is 14.3 Å². The van der Waals surface area contributed by atoms with E-state index in [0.717, 1.165) is 15.9 Å². The summed E-state index contributed by atoms with van der Waals surface area (Å²) in [5.74, 6) is 0.294. The summed E-state index contributed by atoms with van der Waals surface area (Å²) in [5, 5.41) is 4.21. The number of aryl methyl sites for hydroxylation is 2. The van der Waals surface area contributed by atoms with E-state index in [4.69, 9.17) is 10.5 Å². The molecule has 2 heterocycles. The molecule has 1 fully saturated rings. The lowest BCUT2D eigenvalue weighted by Crippen LogP contribution is -2.49.